The number of ether oxygens (including phenoxy) is 1. The van der Waals surface area contributed by atoms with E-state index in [1.165, 1.54) is 4.68 Å². The fourth-order valence-corrected chi connectivity index (χ4v) is 4.01. The quantitative estimate of drug-likeness (QED) is 0.744. The number of rotatable bonds is 5. The number of alkyl halides is 2. The highest BCUT2D eigenvalue weighted by atomic mass is 19.3. The summed E-state index contributed by atoms with van der Waals surface area (Å²) in [4.78, 5) is 20.8. The first kappa shape index (κ1) is 20.4. The summed E-state index contributed by atoms with van der Waals surface area (Å²) >= 11 is 0. The van der Waals surface area contributed by atoms with Gasteiger partial charge in [-0.15, -0.1) is 0 Å². The molecule has 1 fully saturated rings. The zero-order valence-corrected chi connectivity index (χ0v) is 17.4. The van der Waals surface area contributed by atoms with Gasteiger partial charge in [-0.25, -0.2) is 23.2 Å². The predicted octanol–water partition coefficient (Wildman–Crippen LogP) is 3.28. The molecule has 0 spiro atoms. The molecular weight excluding hydrogens is 394 g/mol. The Hall–Kier alpha value is -2.91. The second kappa shape index (κ2) is 7.73. The van der Waals surface area contributed by atoms with Crippen LogP contribution in [0, 0.1) is 0 Å². The molecule has 0 unspecified atom stereocenters. The van der Waals surface area contributed by atoms with Crippen molar-refractivity contribution < 1.29 is 18.3 Å². The van der Waals surface area contributed by atoms with Crippen LogP contribution in [0.3, 0.4) is 0 Å². The van der Waals surface area contributed by atoms with Crippen molar-refractivity contribution in [2.45, 2.75) is 44.6 Å². The van der Waals surface area contributed by atoms with Crippen molar-refractivity contribution in [2.24, 2.45) is 0 Å². The molecule has 162 valence electrons. The summed E-state index contributed by atoms with van der Waals surface area (Å²) in [5.41, 5.74) is 2.09. The minimum atomic E-state index is -2.58. The largest absolute Gasteiger partial charge is 0.461 e. The maximum absolute atomic E-state index is 13.5. The zero-order valence-electron chi connectivity index (χ0n) is 17.4. The third-order valence-electron chi connectivity index (χ3n) is 5.54. The molecule has 1 aliphatic carbocycles. The van der Waals surface area contributed by atoms with E-state index in [1.807, 2.05) is 20.2 Å². The Bertz CT molecular complexity index is 937. The third kappa shape index (κ3) is 3.90. The van der Waals surface area contributed by atoms with Crippen molar-refractivity contribution in [3.63, 3.8) is 0 Å². The number of anilines is 3. The SMILES string of the molecule is CCOC(=O)c1ccn(-c2cc3c(c(NC4CCC(F)(F)CC4)n2)N(C)CN3C)n1. The Labute approximate surface area is 173 Å². The maximum Gasteiger partial charge on any atom is 0.358 e. The molecule has 8 nitrogen and oxygen atoms in total. The first-order valence-corrected chi connectivity index (χ1v) is 10.1. The van der Waals surface area contributed by atoms with Crippen LogP contribution in [0.15, 0.2) is 18.3 Å². The van der Waals surface area contributed by atoms with Gasteiger partial charge in [0.25, 0.3) is 0 Å². The van der Waals surface area contributed by atoms with Gasteiger partial charge >= 0.3 is 5.97 Å². The van der Waals surface area contributed by atoms with Gasteiger partial charge in [0.2, 0.25) is 5.92 Å². The standard InChI is InChI=1S/C20H26F2N6O2/c1-4-30-19(29)14-7-10-28(25-14)16-11-15-17(27(3)12-26(15)2)18(24-16)23-13-5-8-20(21,22)9-6-13/h7,10-11,13H,4-6,8-9,12H2,1-3H3,(H,23,24). The smallest absolute Gasteiger partial charge is 0.358 e. The summed E-state index contributed by atoms with van der Waals surface area (Å²) in [6.45, 7) is 2.70. The molecule has 1 saturated carbocycles. The molecule has 0 amide bonds. The Balaban J connectivity index is 1.66. The Kier molecular flexibility index (Phi) is 5.25. The number of fused-ring (bicyclic) bond motifs is 1. The molecule has 4 rings (SSSR count). The minimum absolute atomic E-state index is 0.0662. The molecule has 1 N–H and O–H groups in total. The van der Waals surface area contributed by atoms with E-state index in [1.54, 1.807) is 19.2 Å². The molecule has 0 atom stereocenters. The highest BCUT2D eigenvalue weighted by Gasteiger charge is 2.36. The van der Waals surface area contributed by atoms with Crippen LogP contribution in [0.2, 0.25) is 0 Å². The van der Waals surface area contributed by atoms with Crippen molar-refractivity contribution in [1.82, 2.24) is 14.8 Å². The Morgan fingerprint density at radius 2 is 2.03 bits per heavy atom. The Morgan fingerprint density at radius 1 is 1.30 bits per heavy atom. The van der Waals surface area contributed by atoms with Crippen LogP contribution in [-0.2, 0) is 4.74 Å². The third-order valence-corrected chi connectivity index (χ3v) is 5.54. The van der Waals surface area contributed by atoms with Crippen molar-refractivity contribution in [3.8, 4) is 5.82 Å². The van der Waals surface area contributed by atoms with Crippen molar-refractivity contribution in [3.05, 3.63) is 24.0 Å². The van der Waals surface area contributed by atoms with Crippen LogP contribution >= 0.6 is 0 Å². The van der Waals surface area contributed by atoms with Gasteiger partial charge in [0.1, 0.15) is 5.69 Å². The van der Waals surface area contributed by atoms with Crippen LogP contribution in [-0.4, -0.2) is 60.1 Å². The van der Waals surface area contributed by atoms with Gasteiger partial charge in [0, 0.05) is 45.2 Å². The monoisotopic (exact) mass is 420 g/mol. The first-order valence-electron chi connectivity index (χ1n) is 10.1. The highest BCUT2D eigenvalue weighted by Crippen LogP contribution is 2.42. The summed E-state index contributed by atoms with van der Waals surface area (Å²) in [5.74, 6) is -1.89. The molecule has 1 aliphatic heterocycles. The first-order chi connectivity index (χ1) is 14.3. The van der Waals surface area contributed by atoms with E-state index in [9.17, 15) is 13.6 Å². The van der Waals surface area contributed by atoms with E-state index in [2.05, 4.69) is 20.2 Å². The average molecular weight is 420 g/mol. The lowest BCUT2D eigenvalue weighted by molar-refractivity contribution is -0.0361. The highest BCUT2D eigenvalue weighted by molar-refractivity contribution is 5.88. The molecule has 2 aromatic rings. The van der Waals surface area contributed by atoms with Crippen LogP contribution in [0.5, 0.6) is 0 Å². The molecular formula is C20H26F2N6O2. The van der Waals surface area contributed by atoms with Crippen molar-refractivity contribution >= 4 is 23.2 Å². The van der Waals surface area contributed by atoms with Crippen molar-refractivity contribution in [1.29, 1.82) is 0 Å². The minimum Gasteiger partial charge on any atom is -0.461 e. The van der Waals surface area contributed by atoms with Gasteiger partial charge in [-0.2, -0.15) is 5.10 Å². The molecule has 0 aromatic carbocycles. The van der Waals surface area contributed by atoms with E-state index >= 15 is 0 Å². The summed E-state index contributed by atoms with van der Waals surface area (Å²) in [5, 5.41) is 7.68. The maximum atomic E-state index is 13.5. The molecule has 0 radical (unpaired) electrons. The molecule has 3 heterocycles. The number of halogens is 2. The topological polar surface area (TPSA) is 75.5 Å². The van der Waals surface area contributed by atoms with Crippen LogP contribution in [0.4, 0.5) is 26.0 Å². The van der Waals surface area contributed by atoms with Crippen LogP contribution < -0.4 is 15.1 Å². The van der Waals surface area contributed by atoms with Gasteiger partial charge in [0.05, 0.1) is 19.0 Å². The number of hydrogen-bond donors (Lipinski definition) is 1. The van der Waals surface area contributed by atoms with E-state index in [4.69, 9.17) is 9.72 Å². The molecule has 2 aromatic heterocycles. The van der Waals surface area contributed by atoms with Gasteiger partial charge < -0.3 is 19.9 Å². The molecule has 0 bridgehead atoms. The van der Waals surface area contributed by atoms with E-state index < -0.39 is 11.9 Å². The fraction of sp³-hybridized carbons (Fsp3) is 0.550. The zero-order chi connectivity index (χ0) is 21.5. The molecule has 30 heavy (non-hydrogen) atoms. The van der Waals surface area contributed by atoms with Crippen LogP contribution in [0.1, 0.15) is 43.1 Å². The number of carbonyl (C=O) groups is 1. The fourth-order valence-electron chi connectivity index (χ4n) is 4.01. The van der Waals surface area contributed by atoms with Gasteiger partial charge in [-0.1, -0.05) is 0 Å². The summed E-state index contributed by atoms with van der Waals surface area (Å²) in [6.07, 6.45) is 2.20. The van der Waals surface area contributed by atoms with Crippen LogP contribution in [0.25, 0.3) is 5.82 Å². The van der Waals surface area contributed by atoms with Gasteiger partial charge in [0.15, 0.2) is 17.3 Å². The van der Waals surface area contributed by atoms with E-state index in [0.717, 1.165) is 11.4 Å². The lowest BCUT2D eigenvalue weighted by Crippen LogP contribution is -2.32. The molecule has 2 aliphatic rings. The second-order valence-corrected chi connectivity index (χ2v) is 7.87. The predicted molar refractivity (Wildman–Crippen MR) is 110 cm³/mol. The lowest BCUT2D eigenvalue weighted by Gasteiger charge is -2.30. The van der Waals surface area contributed by atoms with E-state index in [0.29, 0.717) is 31.1 Å². The number of carbonyl (C=O) groups excluding carboxylic acids is 1. The van der Waals surface area contributed by atoms with Gasteiger partial charge in [-0.3, -0.25) is 0 Å². The summed E-state index contributed by atoms with van der Waals surface area (Å²) in [7, 11) is 3.95. The number of aromatic nitrogens is 3. The summed E-state index contributed by atoms with van der Waals surface area (Å²) in [6, 6.07) is 3.42. The number of nitrogens with one attached hydrogen (secondary N) is 1. The normalized spacial score (nSPS) is 18.4. The summed E-state index contributed by atoms with van der Waals surface area (Å²) < 4.78 is 33.6. The number of esters is 1. The Morgan fingerprint density at radius 3 is 2.73 bits per heavy atom. The molecule has 10 heteroatoms. The van der Waals surface area contributed by atoms with Crippen molar-refractivity contribution in [2.75, 3.05) is 42.5 Å². The number of pyridine rings is 1. The molecule has 0 saturated heterocycles. The van der Waals surface area contributed by atoms with Gasteiger partial charge in [-0.05, 0) is 25.8 Å². The number of nitrogens with zero attached hydrogens (tertiary/aromatic N) is 5. The lowest BCUT2D eigenvalue weighted by atomic mass is 9.92. The van der Waals surface area contributed by atoms with E-state index in [-0.39, 0.29) is 31.2 Å². The number of hydrogen-bond acceptors (Lipinski definition) is 7. The second-order valence-electron chi connectivity index (χ2n) is 7.87. The average Bonchev–Trinajstić information content (AvgIpc) is 3.29.